The lowest BCUT2D eigenvalue weighted by atomic mass is 10.2. The fourth-order valence-corrected chi connectivity index (χ4v) is 2.57. The second-order valence-electron chi connectivity index (χ2n) is 5.45. The van der Waals surface area contributed by atoms with Crippen LogP contribution in [0.1, 0.15) is 0 Å². The third kappa shape index (κ3) is 5.91. The summed E-state index contributed by atoms with van der Waals surface area (Å²) in [6.07, 6.45) is -0.467. The van der Waals surface area contributed by atoms with Gasteiger partial charge in [0.05, 0.1) is 17.7 Å². The van der Waals surface area contributed by atoms with Crippen LogP contribution in [0.5, 0.6) is 5.75 Å². The van der Waals surface area contributed by atoms with Crippen molar-refractivity contribution in [2.24, 2.45) is 0 Å². The first-order chi connectivity index (χ1) is 10.5. The molecule has 0 saturated carbocycles. The van der Waals surface area contributed by atoms with E-state index in [2.05, 4.69) is 17.3 Å². The summed E-state index contributed by atoms with van der Waals surface area (Å²) in [5.74, 6) is 0.477. The number of halogens is 2. The number of ether oxygens (including phenoxy) is 2. The van der Waals surface area contributed by atoms with Gasteiger partial charge in [-0.2, -0.15) is 0 Å². The van der Waals surface area contributed by atoms with Gasteiger partial charge >= 0.3 is 0 Å². The predicted octanol–water partition coefficient (Wildman–Crippen LogP) is 1.65. The van der Waals surface area contributed by atoms with Crippen LogP contribution in [0.25, 0.3) is 0 Å². The van der Waals surface area contributed by atoms with E-state index in [1.807, 2.05) is 0 Å². The van der Waals surface area contributed by atoms with Crippen molar-refractivity contribution in [3.05, 3.63) is 28.2 Å². The first-order valence-corrected chi connectivity index (χ1v) is 8.07. The van der Waals surface area contributed by atoms with Gasteiger partial charge in [-0.1, -0.05) is 23.2 Å². The molecule has 2 rings (SSSR count). The lowest BCUT2D eigenvalue weighted by molar-refractivity contribution is -0.0196. The van der Waals surface area contributed by atoms with Gasteiger partial charge in [0, 0.05) is 37.3 Å². The zero-order chi connectivity index (χ0) is 15.9. The molecule has 2 atom stereocenters. The standard InChI is InChI=1S/C15H22Cl2N2O3/c1-19-4-5-21-13(9-19)8-18-7-12(20)10-22-15-6-11(16)2-3-14(15)17/h2-3,6,12-13,18,20H,4-5,7-10H2,1H3/t12-,13+/m0/s1. The fourth-order valence-electron chi connectivity index (χ4n) is 2.23. The van der Waals surface area contributed by atoms with E-state index >= 15 is 0 Å². The lowest BCUT2D eigenvalue weighted by Gasteiger charge is -2.30. The van der Waals surface area contributed by atoms with Gasteiger partial charge in [0.2, 0.25) is 0 Å². The van der Waals surface area contributed by atoms with Gasteiger partial charge in [-0.15, -0.1) is 0 Å². The molecule has 22 heavy (non-hydrogen) atoms. The number of nitrogens with one attached hydrogen (secondary N) is 1. The molecule has 0 unspecified atom stereocenters. The molecule has 0 spiro atoms. The number of nitrogens with zero attached hydrogens (tertiary/aromatic N) is 1. The van der Waals surface area contributed by atoms with E-state index in [9.17, 15) is 5.11 Å². The molecular formula is C15H22Cl2N2O3. The van der Waals surface area contributed by atoms with Gasteiger partial charge in [-0.25, -0.2) is 0 Å². The minimum absolute atomic E-state index is 0.151. The molecule has 0 aliphatic carbocycles. The Labute approximate surface area is 141 Å². The van der Waals surface area contributed by atoms with Crippen molar-refractivity contribution in [2.45, 2.75) is 12.2 Å². The number of benzene rings is 1. The summed E-state index contributed by atoms with van der Waals surface area (Å²) < 4.78 is 11.1. The zero-order valence-corrected chi connectivity index (χ0v) is 14.1. The SMILES string of the molecule is CN1CCO[C@H](CNC[C@H](O)COc2cc(Cl)ccc2Cl)C1. The van der Waals surface area contributed by atoms with Gasteiger partial charge in [-0.3, -0.25) is 0 Å². The number of likely N-dealkylation sites (N-methyl/N-ethyl adjacent to an activating group) is 1. The summed E-state index contributed by atoms with van der Waals surface area (Å²) in [7, 11) is 2.08. The van der Waals surface area contributed by atoms with Crippen molar-refractivity contribution in [1.82, 2.24) is 10.2 Å². The fraction of sp³-hybridized carbons (Fsp3) is 0.600. The first-order valence-electron chi connectivity index (χ1n) is 7.31. The molecule has 1 aliphatic heterocycles. The Bertz CT molecular complexity index is 476. The summed E-state index contributed by atoms with van der Waals surface area (Å²) in [6, 6.07) is 4.99. The Morgan fingerprint density at radius 1 is 1.50 bits per heavy atom. The molecule has 2 N–H and O–H groups in total. The number of aliphatic hydroxyl groups is 1. The summed E-state index contributed by atoms with van der Waals surface area (Å²) >= 11 is 11.9. The number of morpholine rings is 1. The molecule has 1 fully saturated rings. The molecule has 1 saturated heterocycles. The third-order valence-corrected chi connectivity index (χ3v) is 3.97. The van der Waals surface area contributed by atoms with Gasteiger partial charge in [0.1, 0.15) is 18.5 Å². The van der Waals surface area contributed by atoms with Crippen molar-refractivity contribution >= 4 is 23.2 Å². The summed E-state index contributed by atoms with van der Waals surface area (Å²) in [6.45, 7) is 3.91. The monoisotopic (exact) mass is 348 g/mol. The molecule has 1 aromatic carbocycles. The average Bonchev–Trinajstić information content (AvgIpc) is 2.48. The van der Waals surface area contributed by atoms with E-state index in [-0.39, 0.29) is 12.7 Å². The summed E-state index contributed by atoms with van der Waals surface area (Å²) in [4.78, 5) is 2.23. The molecule has 1 heterocycles. The molecule has 5 nitrogen and oxygen atoms in total. The average molecular weight is 349 g/mol. The smallest absolute Gasteiger partial charge is 0.139 e. The quantitative estimate of drug-likeness (QED) is 0.784. The molecular weight excluding hydrogens is 327 g/mol. The Hall–Kier alpha value is -0.560. The Kier molecular flexibility index (Phi) is 7.21. The maximum atomic E-state index is 9.94. The van der Waals surface area contributed by atoms with Crippen LogP contribution in [-0.4, -0.2) is 68.7 Å². The summed E-state index contributed by atoms with van der Waals surface area (Å²) in [5.41, 5.74) is 0. The molecule has 0 aromatic heterocycles. The minimum atomic E-state index is -0.628. The molecule has 1 aromatic rings. The van der Waals surface area contributed by atoms with Crippen LogP contribution in [0.15, 0.2) is 18.2 Å². The highest BCUT2D eigenvalue weighted by molar-refractivity contribution is 6.34. The highest BCUT2D eigenvalue weighted by Gasteiger charge is 2.17. The summed E-state index contributed by atoms with van der Waals surface area (Å²) in [5, 5.41) is 14.2. The van der Waals surface area contributed by atoms with E-state index in [1.54, 1.807) is 18.2 Å². The van der Waals surface area contributed by atoms with Gasteiger partial charge < -0.3 is 24.8 Å². The normalized spacial score (nSPS) is 20.8. The zero-order valence-electron chi connectivity index (χ0n) is 12.6. The highest BCUT2D eigenvalue weighted by atomic mass is 35.5. The minimum Gasteiger partial charge on any atom is -0.489 e. The Morgan fingerprint density at radius 3 is 3.09 bits per heavy atom. The first kappa shape index (κ1) is 17.8. The number of rotatable bonds is 7. The Balaban J connectivity index is 1.65. The van der Waals surface area contributed by atoms with E-state index < -0.39 is 6.10 Å². The van der Waals surface area contributed by atoms with Crippen LogP contribution in [-0.2, 0) is 4.74 Å². The van der Waals surface area contributed by atoms with Crippen LogP contribution < -0.4 is 10.1 Å². The molecule has 124 valence electrons. The van der Waals surface area contributed by atoms with Crippen molar-refractivity contribution in [1.29, 1.82) is 0 Å². The second kappa shape index (κ2) is 8.91. The van der Waals surface area contributed by atoms with Crippen LogP contribution in [0.2, 0.25) is 10.0 Å². The maximum absolute atomic E-state index is 9.94. The number of aliphatic hydroxyl groups excluding tert-OH is 1. The van der Waals surface area contributed by atoms with Gasteiger partial charge in [0.25, 0.3) is 0 Å². The largest absolute Gasteiger partial charge is 0.489 e. The van der Waals surface area contributed by atoms with Crippen LogP contribution in [0.4, 0.5) is 0 Å². The van der Waals surface area contributed by atoms with Crippen molar-refractivity contribution < 1.29 is 14.6 Å². The van der Waals surface area contributed by atoms with Crippen LogP contribution in [0.3, 0.4) is 0 Å². The van der Waals surface area contributed by atoms with Crippen LogP contribution >= 0.6 is 23.2 Å². The second-order valence-corrected chi connectivity index (χ2v) is 6.30. The third-order valence-electron chi connectivity index (χ3n) is 3.42. The maximum Gasteiger partial charge on any atom is 0.139 e. The molecule has 0 amide bonds. The van der Waals surface area contributed by atoms with E-state index in [4.69, 9.17) is 32.7 Å². The van der Waals surface area contributed by atoms with Crippen LogP contribution in [0, 0.1) is 0 Å². The molecule has 0 radical (unpaired) electrons. The molecule has 7 heteroatoms. The van der Waals surface area contributed by atoms with Crippen molar-refractivity contribution in [3.63, 3.8) is 0 Å². The highest BCUT2D eigenvalue weighted by Crippen LogP contribution is 2.27. The van der Waals surface area contributed by atoms with E-state index in [1.165, 1.54) is 0 Å². The molecule has 0 bridgehead atoms. The van der Waals surface area contributed by atoms with E-state index in [0.29, 0.717) is 28.9 Å². The topological polar surface area (TPSA) is 54.0 Å². The number of hydrogen-bond acceptors (Lipinski definition) is 5. The lowest BCUT2D eigenvalue weighted by Crippen LogP contribution is -2.46. The van der Waals surface area contributed by atoms with Gasteiger partial charge in [0.15, 0.2) is 0 Å². The van der Waals surface area contributed by atoms with E-state index in [0.717, 1.165) is 19.7 Å². The predicted molar refractivity (Wildman–Crippen MR) is 88.1 cm³/mol. The van der Waals surface area contributed by atoms with Gasteiger partial charge in [-0.05, 0) is 19.2 Å². The Morgan fingerprint density at radius 2 is 2.32 bits per heavy atom. The molecule has 1 aliphatic rings. The van der Waals surface area contributed by atoms with Crippen molar-refractivity contribution in [2.75, 3.05) is 46.4 Å². The van der Waals surface area contributed by atoms with Crippen molar-refractivity contribution in [3.8, 4) is 5.75 Å². The number of hydrogen-bond donors (Lipinski definition) is 2.